The fourth-order valence-corrected chi connectivity index (χ4v) is 5.78. The molecule has 0 aliphatic heterocycles. The van der Waals surface area contributed by atoms with E-state index in [1.807, 2.05) is 48.7 Å². The van der Waals surface area contributed by atoms with E-state index in [1.165, 1.54) is 4.57 Å². The molecule has 3 unspecified atom stereocenters. The molecule has 0 N–H and O–H groups in total. The van der Waals surface area contributed by atoms with Crippen LogP contribution in [0.2, 0.25) is 0 Å². The Labute approximate surface area is 198 Å². The van der Waals surface area contributed by atoms with Crippen LogP contribution in [0, 0.1) is 11.8 Å². The van der Waals surface area contributed by atoms with Crippen LogP contribution >= 0.6 is 0 Å². The summed E-state index contributed by atoms with van der Waals surface area (Å²) in [5.74, 6) is 1.29. The Hall–Kier alpha value is -3.00. The van der Waals surface area contributed by atoms with Crippen LogP contribution in [0.25, 0.3) is 11.2 Å². The number of imidazole rings is 1. The molecule has 8 nitrogen and oxygen atoms in total. The van der Waals surface area contributed by atoms with Gasteiger partial charge in [-0.3, -0.25) is 23.3 Å². The molecular formula is C26H32N4O4. The number of carbonyl (C=O) groups is 1. The van der Waals surface area contributed by atoms with E-state index in [0.717, 1.165) is 24.8 Å². The zero-order valence-corrected chi connectivity index (χ0v) is 19.9. The van der Waals surface area contributed by atoms with Gasteiger partial charge in [0, 0.05) is 31.3 Å². The maximum Gasteiger partial charge on any atom is 0.332 e. The van der Waals surface area contributed by atoms with Crippen LogP contribution in [0.4, 0.5) is 0 Å². The molecular weight excluding hydrogens is 432 g/mol. The largest absolute Gasteiger partial charge is 0.356 e. The van der Waals surface area contributed by atoms with Crippen LogP contribution < -0.4 is 11.2 Å². The summed E-state index contributed by atoms with van der Waals surface area (Å²) in [4.78, 5) is 44.2. The molecule has 1 aromatic carbocycles. The molecule has 0 saturated heterocycles. The average Bonchev–Trinajstić information content (AvgIpc) is 3.52. The first-order chi connectivity index (χ1) is 16.5. The smallest absolute Gasteiger partial charge is 0.332 e. The van der Waals surface area contributed by atoms with Gasteiger partial charge in [-0.05, 0) is 37.2 Å². The third kappa shape index (κ3) is 3.83. The topological polar surface area (TPSA) is 88.1 Å². The number of Topliss-reactive ketones (excluding diaryl/α,β-unsaturated/α-hetero) is 1. The molecule has 2 saturated carbocycles. The van der Waals surface area contributed by atoms with Crippen LogP contribution in [0.3, 0.4) is 0 Å². The zero-order chi connectivity index (χ0) is 23.8. The fourth-order valence-electron chi connectivity index (χ4n) is 5.78. The second kappa shape index (κ2) is 9.33. The predicted molar refractivity (Wildman–Crippen MR) is 129 cm³/mol. The standard InChI is InChI=1S/C26H32N4O4/c1-3-10-28-24-22(25(32)29(11-4-2)26(28)33)30(16-34-15-17-8-6-5-7-9-17)23(27-24)20-13-18-12-19(20)21(31)14-18/h5-9,18-20H,3-4,10-16H2,1-2H3. The van der Waals surface area contributed by atoms with Gasteiger partial charge in [0.05, 0.1) is 6.61 Å². The fraction of sp³-hybridized carbons (Fsp3) is 0.538. The van der Waals surface area contributed by atoms with Crippen molar-refractivity contribution in [3.8, 4) is 0 Å². The van der Waals surface area contributed by atoms with Crippen molar-refractivity contribution in [3.63, 3.8) is 0 Å². The highest BCUT2D eigenvalue weighted by Crippen LogP contribution is 2.51. The molecule has 0 amide bonds. The van der Waals surface area contributed by atoms with Crippen LogP contribution in [-0.2, 0) is 36.0 Å². The van der Waals surface area contributed by atoms with Gasteiger partial charge >= 0.3 is 5.69 Å². The van der Waals surface area contributed by atoms with Crippen LogP contribution in [0.5, 0.6) is 0 Å². The minimum absolute atomic E-state index is 0.0387. The summed E-state index contributed by atoms with van der Waals surface area (Å²) in [6.45, 7) is 5.34. The van der Waals surface area contributed by atoms with Gasteiger partial charge in [-0.1, -0.05) is 44.2 Å². The number of hydrogen-bond donors (Lipinski definition) is 0. The van der Waals surface area contributed by atoms with E-state index in [2.05, 4.69) is 0 Å². The van der Waals surface area contributed by atoms with E-state index in [1.54, 1.807) is 4.57 Å². The van der Waals surface area contributed by atoms with Crippen molar-refractivity contribution in [2.75, 3.05) is 0 Å². The summed E-state index contributed by atoms with van der Waals surface area (Å²) in [5.41, 5.74) is 1.21. The molecule has 2 bridgehead atoms. The summed E-state index contributed by atoms with van der Waals surface area (Å²) >= 11 is 0. The number of carbonyl (C=O) groups excluding carboxylic acids is 1. The normalized spacial score (nSPS) is 21.7. The molecule has 2 fully saturated rings. The Morgan fingerprint density at radius 1 is 0.941 bits per heavy atom. The number of nitrogens with zero attached hydrogens (tertiary/aromatic N) is 4. The first kappa shape index (κ1) is 22.8. The molecule has 8 heteroatoms. The highest BCUT2D eigenvalue weighted by Gasteiger charge is 2.48. The number of aromatic nitrogens is 4. The Balaban J connectivity index is 1.64. The van der Waals surface area contributed by atoms with Crippen molar-refractivity contribution in [1.82, 2.24) is 18.7 Å². The van der Waals surface area contributed by atoms with E-state index in [9.17, 15) is 14.4 Å². The maximum atomic E-state index is 13.6. The van der Waals surface area contributed by atoms with E-state index < -0.39 is 0 Å². The monoisotopic (exact) mass is 464 g/mol. The van der Waals surface area contributed by atoms with Crippen molar-refractivity contribution in [2.45, 2.75) is 78.3 Å². The first-order valence-corrected chi connectivity index (χ1v) is 12.4. The number of ketones is 1. The van der Waals surface area contributed by atoms with E-state index in [-0.39, 0.29) is 29.8 Å². The number of hydrogen-bond acceptors (Lipinski definition) is 5. The first-order valence-electron chi connectivity index (χ1n) is 12.4. The van der Waals surface area contributed by atoms with Gasteiger partial charge in [0.2, 0.25) is 0 Å². The molecule has 2 aliphatic rings. The summed E-state index contributed by atoms with van der Waals surface area (Å²) in [7, 11) is 0. The molecule has 0 spiro atoms. The average molecular weight is 465 g/mol. The molecule has 2 heterocycles. The number of fused-ring (bicyclic) bond motifs is 3. The highest BCUT2D eigenvalue weighted by molar-refractivity contribution is 5.85. The maximum absolute atomic E-state index is 13.6. The lowest BCUT2D eigenvalue weighted by Crippen LogP contribution is -2.40. The highest BCUT2D eigenvalue weighted by atomic mass is 16.5. The third-order valence-corrected chi connectivity index (χ3v) is 7.27. The van der Waals surface area contributed by atoms with Crippen molar-refractivity contribution >= 4 is 16.9 Å². The summed E-state index contributed by atoms with van der Waals surface area (Å²) in [6.07, 6.45) is 3.85. The van der Waals surface area contributed by atoms with Gasteiger partial charge in [0.15, 0.2) is 11.2 Å². The lowest BCUT2D eigenvalue weighted by Gasteiger charge is -2.21. The van der Waals surface area contributed by atoms with Crippen LogP contribution in [0.1, 0.15) is 63.3 Å². The van der Waals surface area contributed by atoms with Crippen LogP contribution in [-0.4, -0.2) is 24.5 Å². The second-order valence-corrected chi connectivity index (χ2v) is 9.65. The Morgan fingerprint density at radius 2 is 1.65 bits per heavy atom. The van der Waals surface area contributed by atoms with Gasteiger partial charge in [-0.25, -0.2) is 9.78 Å². The van der Waals surface area contributed by atoms with Gasteiger partial charge in [0.1, 0.15) is 18.3 Å². The van der Waals surface area contributed by atoms with Crippen molar-refractivity contribution < 1.29 is 9.53 Å². The number of ether oxygens (including phenoxy) is 1. The zero-order valence-electron chi connectivity index (χ0n) is 19.9. The summed E-state index contributed by atoms with van der Waals surface area (Å²) < 4.78 is 10.9. The van der Waals surface area contributed by atoms with Gasteiger partial charge in [-0.15, -0.1) is 0 Å². The molecule has 34 heavy (non-hydrogen) atoms. The summed E-state index contributed by atoms with van der Waals surface area (Å²) in [6, 6.07) is 9.87. The van der Waals surface area contributed by atoms with Crippen molar-refractivity contribution in [1.29, 1.82) is 0 Å². The van der Waals surface area contributed by atoms with Gasteiger partial charge in [0.25, 0.3) is 5.56 Å². The van der Waals surface area contributed by atoms with E-state index in [4.69, 9.17) is 9.72 Å². The van der Waals surface area contributed by atoms with E-state index >= 15 is 0 Å². The van der Waals surface area contributed by atoms with E-state index in [0.29, 0.717) is 61.2 Å². The SMILES string of the molecule is CCCn1c(=O)c2c(nc(C3CC4CC(=O)C3C4)n2COCc2ccccc2)n(CCC)c1=O. The molecule has 3 aromatic rings. The Bertz CT molecular complexity index is 1320. The Morgan fingerprint density at radius 3 is 2.32 bits per heavy atom. The molecule has 3 atom stereocenters. The minimum Gasteiger partial charge on any atom is -0.356 e. The lowest BCUT2D eigenvalue weighted by atomic mass is 9.87. The Kier molecular flexibility index (Phi) is 6.25. The van der Waals surface area contributed by atoms with Gasteiger partial charge < -0.3 is 4.74 Å². The molecule has 180 valence electrons. The van der Waals surface area contributed by atoms with Gasteiger partial charge in [-0.2, -0.15) is 0 Å². The minimum atomic E-state index is -0.328. The quantitative estimate of drug-likeness (QED) is 0.484. The van der Waals surface area contributed by atoms with Crippen molar-refractivity contribution in [2.24, 2.45) is 11.8 Å². The number of benzene rings is 1. The van der Waals surface area contributed by atoms with Crippen molar-refractivity contribution in [3.05, 3.63) is 62.6 Å². The molecule has 5 rings (SSSR count). The third-order valence-electron chi connectivity index (χ3n) is 7.27. The lowest BCUT2D eigenvalue weighted by molar-refractivity contribution is -0.122. The van der Waals surface area contributed by atoms with Crippen LogP contribution in [0.15, 0.2) is 39.9 Å². The summed E-state index contributed by atoms with van der Waals surface area (Å²) in [5, 5.41) is 0. The molecule has 2 aromatic heterocycles. The number of rotatable bonds is 9. The molecule has 0 radical (unpaired) electrons. The molecule has 2 aliphatic carbocycles. The predicted octanol–water partition coefficient (Wildman–Crippen LogP) is 3.44. The second-order valence-electron chi connectivity index (χ2n) is 9.65. The number of aryl methyl sites for hydroxylation is 1.